The average Bonchev–Trinajstić information content (AvgIpc) is 2.97. The van der Waals surface area contributed by atoms with Crippen molar-refractivity contribution in [1.82, 2.24) is 25.2 Å². The summed E-state index contributed by atoms with van der Waals surface area (Å²) in [6, 6.07) is -0.113. The van der Waals surface area contributed by atoms with E-state index in [1.165, 1.54) is 0 Å². The molecule has 7 heteroatoms. The molecule has 2 heterocycles. The molecule has 1 atom stereocenters. The number of nitrogens with two attached hydrogens (primary N) is 1. The Kier molecular flexibility index (Phi) is 4.00. The molecule has 0 saturated carbocycles. The lowest BCUT2D eigenvalue weighted by Gasteiger charge is -2.13. The van der Waals surface area contributed by atoms with Crippen molar-refractivity contribution in [3.63, 3.8) is 0 Å². The first kappa shape index (κ1) is 13.1. The van der Waals surface area contributed by atoms with Crippen LogP contribution in [0.1, 0.15) is 30.2 Å². The first-order valence-corrected chi connectivity index (χ1v) is 6.20. The van der Waals surface area contributed by atoms with Crippen LogP contribution in [-0.4, -0.2) is 19.7 Å². The van der Waals surface area contributed by atoms with Crippen LogP contribution in [0, 0.1) is 0 Å². The summed E-state index contributed by atoms with van der Waals surface area (Å²) >= 11 is 6.31. The molecule has 1 unspecified atom stereocenters. The molecule has 0 spiro atoms. The second-order valence-electron chi connectivity index (χ2n) is 4.08. The van der Waals surface area contributed by atoms with Crippen LogP contribution in [0.4, 0.5) is 0 Å². The van der Waals surface area contributed by atoms with Crippen LogP contribution in [0.2, 0.25) is 5.02 Å². The van der Waals surface area contributed by atoms with Gasteiger partial charge in [0.1, 0.15) is 5.82 Å². The number of H-pyrrole nitrogens is 1. The van der Waals surface area contributed by atoms with Crippen LogP contribution in [0.3, 0.4) is 0 Å². The zero-order valence-electron chi connectivity index (χ0n) is 10.4. The lowest BCUT2D eigenvalue weighted by molar-refractivity contribution is 0.509. The van der Waals surface area contributed by atoms with E-state index in [0.29, 0.717) is 11.4 Å². The maximum atomic E-state index is 6.31. The van der Waals surface area contributed by atoms with Crippen LogP contribution >= 0.6 is 11.6 Å². The Morgan fingerprint density at radius 3 is 2.89 bits per heavy atom. The number of rotatable bonds is 5. The number of aromatic nitrogens is 4. The van der Waals surface area contributed by atoms with Gasteiger partial charge in [-0.25, -0.2) is 10.4 Å². The van der Waals surface area contributed by atoms with Gasteiger partial charge in [0.2, 0.25) is 0 Å². The molecular formula is C11H17ClN6. The van der Waals surface area contributed by atoms with Crippen molar-refractivity contribution in [3.05, 3.63) is 34.6 Å². The monoisotopic (exact) mass is 268 g/mol. The molecule has 2 rings (SSSR count). The smallest absolute Gasteiger partial charge is 0.124 e. The van der Waals surface area contributed by atoms with Crippen molar-refractivity contribution in [2.75, 3.05) is 0 Å². The van der Waals surface area contributed by atoms with Gasteiger partial charge in [-0.1, -0.05) is 18.5 Å². The number of halogens is 1. The number of hydrogen-bond acceptors (Lipinski definition) is 4. The zero-order valence-corrected chi connectivity index (χ0v) is 11.2. The van der Waals surface area contributed by atoms with Crippen LogP contribution in [0.15, 0.2) is 12.4 Å². The van der Waals surface area contributed by atoms with Crippen molar-refractivity contribution in [2.24, 2.45) is 12.9 Å². The van der Waals surface area contributed by atoms with E-state index < -0.39 is 0 Å². The SMILES string of the molecule is CCc1nn(C)c(CC(NN)c2ncc[nH]2)c1Cl. The van der Waals surface area contributed by atoms with Crippen molar-refractivity contribution in [2.45, 2.75) is 25.8 Å². The molecule has 0 saturated heterocycles. The maximum Gasteiger partial charge on any atom is 0.124 e. The van der Waals surface area contributed by atoms with Gasteiger partial charge < -0.3 is 4.98 Å². The molecular weight excluding hydrogens is 252 g/mol. The van der Waals surface area contributed by atoms with Crippen molar-refractivity contribution in [1.29, 1.82) is 0 Å². The fourth-order valence-corrected chi connectivity index (χ4v) is 2.31. The Labute approximate surface area is 111 Å². The molecule has 2 aromatic heterocycles. The number of nitrogens with zero attached hydrogens (tertiary/aromatic N) is 3. The molecule has 4 N–H and O–H groups in total. The molecule has 0 amide bonds. The highest BCUT2D eigenvalue weighted by Crippen LogP contribution is 2.24. The Morgan fingerprint density at radius 2 is 2.39 bits per heavy atom. The quantitative estimate of drug-likeness (QED) is 0.560. The van der Waals surface area contributed by atoms with Crippen molar-refractivity contribution < 1.29 is 0 Å². The lowest BCUT2D eigenvalue weighted by Crippen LogP contribution is -2.31. The van der Waals surface area contributed by atoms with Crippen LogP contribution in [0.5, 0.6) is 0 Å². The van der Waals surface area contributed by atoms with E-state index in [1.807, 2.05) is 14.0 Å². The number of hydrazine groups is 1. The molecule has 6 nitrogen and oxygen atoms in total. The normalized spacial score (nSPS) is 12.9. The van der Waals surface area contributed by atoms with Crippen molar-refractivity contribution >= 4 is 11.6 Å². The number of hydrogen-bond donors (Lipinski definition) is 3. The fourth-order valence-electron chi connectivity index (χ4n) is 1.94. The van der Waals surface area contributed by atoms with E-state index in [0.717, 1.165) is 23.6 Å². The number of aromatic amines is 1. The Morgan fingerprint density at radius 1 is 1.61 bits per heavy atom. The van der Waals surface area contributed by atoms with Crippen LogP contribution in [0.25, 0.3) is 0 Å². The molecule has 0 aromatic carbocycles. The zero-order chi connectivity index (χ0) is 13.1. The van der Waals surface area contributed by atoms with Gasteiger partial charge in [0, 0.05) is 25.9 Å². The van der Waals surface area contributed by atoms with E-state index in [4.69, 9.17) is 17.4 Å². The Bertz CT molecular complexity index is 504. The van der Waals surface area contributed by atoms with Gasteiger partial charge in [-0.3, -0.25) is 10.5 Å². The Balaban J connectivity index is 2.25. The van der Waals surface area contributed by atoms with Crippen LogP contribution in [-0.2, 0) is 19.9 Å². The highest BCUT2D eigenvalue weighted by Gasteiger charge is 2.19. The summed E-state index contributed by atoms with van der Waals surface area (Å²) in [5, 5.41) is 5.10. The first-order chi connectivity index (χ1) is 8.67. The molecule has 98 valence electrons. The second-order valence-corrected chi connectivity index (χ2v) is 4.46. The average molecular weight is 269 g/mol. The summed E-state index contributed by atoms with van der Waals surface area (Å²) in [5.74, 6) is 6.35. The van der Waals surface area contributed by atoms with Gasteiger partial charge in [0.05, 0.1) is 22.5 Å². The number of imidazole rings is 1. The summed E-state index contributed by atoms with van der Waals surface area (Å²) in [4.78, 5) is 7.24. The molecule has 2 aromatic rings. The van der Waals surface area contributed by atoms with Gasteiger partial charge >= 0.3 is 0 Å². The molecule has 0 radical (unpaired) electrons. The molecule has 0 aliphatic carbocycles. The fraction of sp³-hybridized carbons (Fsp3) is 0.455. The maximum absolute atomic E-state index is 6.31. The Hall–Kier alpha value is -1.37. The molecule has 0 aliphatic heterocycles. The van der Waals surface area contributed by atoms with Gasteiger partial charge in [-0.05, 0) is 6.42 Å². The van der Waals surface area contributed by atoms with E-state index in [9.17, 15) is 0 Å². The first-order valence-electron chi connectivity index (χ1n) is 5.83. The van der Waals surface area contributed by atoms with Gasteiger partial charge in [0.25, 0.3) is 0 Å². The minimum atomic E-state index is -0.113. The summed E-state index contributed by atoms with van der Waals surface area (Å²) in [7, 11) is 1.89. The summed E-state index contributed by atoms with van der Waals surface area (Å²) in [6.45, 7) is 2.03. The van der Waals surface area contributed by atoms with Crippen LogP contribution < -0.4 is 11.3 Å². The third-order valence-electron chi connectivity index (χ3n) is 2.95. The number of aryl methyl sites for hydroxylation is 2. The topological polar surface area (TPSA) is 84.6 Å². The van der Waals surface area contributed by atoms with E-state index in [1.54, 1.807) is 17.1 Å². The lowest BCUT2D eigenvalue weighted by atomic mass is 10.1. The van der Waals surface area contributed by atoms with Gasteiger partial charge in [0.15, 0.2) is 0 Å². The number of nitrogens with one attached hydrogen (secondary N) is 2. The minimum Gasteiger partial charge on any atom is -0.347 e. The summed E-state index contributed by atoms with van der Waals surface area (Å²) in [5.41, 5.74) is 4.60. The highest BCUT2D eigenvalue weighted by molar-refractivity contribution is 6.31. The van der Waals surface area contributed by atoms with E-state index >= 15 is 0 Å². The highest BCUT2D eigenvalue weighted by atomic mass is 35.5. The van der Waals surface area contributed by atoms with Gasteiger partial charge in [-0.15, -0.1) is 0 Å². The largest absolute Gasteiger partial charge is 0.347 e. The summed E-state index contributed by atoms with van der Waals surface area (Å²) < 4.78 is 1.80. The van der Waals surface area contributed by atoms with Gasteiger partial charge in [-0.2, -0.15) is 5.10 Å². The molecule has 0 bridgehead atoms. The third-order valence-corrected chi connectivity index (χ3v) is 3.39. The summed E-state index contributed by atoms with van der Waals surface area (Å²) in [6.07, 6.45) is 4.91. The van der Waals surface area contributed by atoms with E-state index in [-0.39, 0.29) is 6.04 Å². The predicted molar refractivity (Wildman–Crippen MR) is 70.0 cm³/mol. The standard InChI is InChI=1S/C11H17ClN6/c1-3-7-10(12)9(18(2)17-7)6-8(16-13)11-14-4-5-15-11/h4-5,8,16H,3,6,13H2,1-2H3,(H,14,15). The minimum absolute atomic E-state index is 0.113. The van der Waals surface area contributed by atoms with E-state index in [2.05, 4.69) is 20.5 Å². The molecule has 0 aliphatic rings. The third kappa shape index (κ3) is 2.40. The van der Waals surface area contributed by atoms with Crippen molar-refractivity contribution in [3.8, 4) is 0 Å². The molecule has 18 heavy (non-hydrogen) atoms. The second kappa shape index (κ2) is 5.51. The molecule has 0 fully saturated rings. The predicted octanol–water partition coefficient (Wildman–Crippen LogP) is 1.11.